The number of aryl methyl sites for hydroxylation is 3. The fraction of sp³-hybridized carbons (Fsp3) is 0.273. The van der Waals surface area contributed by atoms with Crippen molar-refractivity contribution in [1.29, 1.82) is 0 Å². The van der Waals surface area contributed by atoms with E-state index >= 15 is 0 Å². The molecule has 84 valence electrons. The molecule has 0 saturated carbocycles. The molecular formula is C11H16N5+. The normalized spacial score (nSPS) is 10.6. The summed E-state index contributed by atoms with van der Waals surface area (Å²) in [5.41, 5.74) is 13.2. The number of nitrogens with zero attached hydrogens (tertiary/aromatic N) is 3. The second-order valence-corrected chi connectivity index (χ2v) is 3.83. The Morgan fingerprint density at radius 2 is 2.00 bits per heavy atom. The van der Waals surface area contributed by atoms with E-state index in [0.717, 1.165) is 13.0 Å². The lowest BCUT2D eigenvalue weighted by molar-refractivity contribution is -0.671. The van der Waals surface area contributed by atoms with E-state index in [-0.39, 0.29) is 0 Å². The van der Waals surface area contributed by atoms with Gasteiger partial charge in [-0.25, -0.2) is 9.25 Å². The van der Waals surface area contributed by atoms with Crippen molar-refractivity contribution in [3.05, 3.63) is 36.3 Å². The second-order valence-electron chi connectivity index (χ2n) is 3.83. The first-order valence-corrected chi connectivity index (χ1v) is 5.18. The standard InChI is InChI=1S/C11H16N5/c1-15-5-2-9(3-6-15)4-7-16-11(13)10(12)8-14-16/h2-3,5-6,8H,4,7,12-13H2,1H3/q+1. The Morgan fingerprint density at radius 3 is 2.56 bits per heavy atom. The molecule has 5 nitrogen and oxygen atoms in total. The summed E-state index contributed by atoms with van der Waals surface area (Å²) in [6.07, 6.45) is 6.53. The van der Waals surface area contributed by atoms with Crippen LogP contribution in [0.4, 0.5) is 11.5 Å². The van der Waals surface area contributed by atoms with Crippen LogP contribution in [-0.2, 0) is 20.0 Å². The second kappa shape index (κ2) is 4.22. The predicted molar refractivity (Wildman–Crippen MR) is 62.4 cm³/mol. The van der Waals surface area contributed by atoms with Gasteiger partial charge in [-0.1, -0.05) is 0 Å². The van der Waals surface area contributed by atoms with Gasteiger partial charge in [0.1, 0.15) is 12.9 Å². The third kappa shape index (κ3) is 2.13. The van der Waals surface area contributed by atoms with Gasteiger partial charge in [0, 0.05) is 18.7 Å². The maximum Gasteiger partial charge on any atom is 0.168 e. The summed E-state index contributed by atoms with van der Waals surface area (Å²) in [4.78, 5) is 0. The molecule has 0 atom stereocenters. The largest absolute Gasteiger partial charge is 0.394 e. The number of rotatable bonds is 3. The van der Waals surface area contributed by atoms with Gasteiger partial charge >= 0.3 is 0 Å². The summed E-state index contributed by atoms with van der Waals surface area (Å²) in [7, 11) is 2.00. The topological polar surface area (TPSA) is 73.7 Å². The lowest BCUT2D eigenvalue weighted by Crippen LogP contribution is -2.26. The van der Waals surface area contributed by atoms with Crippen LogP contribution in [0, 0.1) is 0 Å². The lowest BCUT2D eigenvalue weighted by Gasteiger charge is -2.03. The third-order valence-corrected chi connectivity index (χ3v) is 2.57. The van der Waals surface area contributed by atoms with Gasteiger partial charge in [0.05, 0.1) is 11.9 Å². The molecule has 2 heterocycles. The Hall–Kier alpha value is -2.04. The Kier molecular flexibility index (Phi) is 2.76. The molecule has 0 aliphatic heterocycles. The van der Waals surface area contributed by atoms with Crippen LogP contribution in [0.15, 0.2) is 30.7 Å². The number of nitrogens with two attached hydrogens (primary N) is 2. The fourth-order valence-corrected chi connectivity index (χ4v) is 1.52. The Bertz CT molecular complexity index is 472. The highest BCUT2D eigenvalue weighted by molar-refractivity contribution is 5.56. The van der Waals surface area contributed by atoms with Gasteiger partial charge in [-0.2, -0.15) is 5.10 Å². The minimum absolute atomic E-state index is 0.541. The van der Waals surface area contributed by atoms with E-state index < -0.39 is 0 Å². The van der Waals surface area contributed by atoms with Crippen molar-refractivity contribution in [3.63, 3.8) is 0 Å². The zero-order chi connectivity index (χ0) is 11.5. The first-order valence-electron chi connectivity index (χ1n) is 5.18. The first kappa shape index (κ1) is 10.5. The van der Waals surface area contributed by atoms with E-state index in [1.807, 2.05) is 24.0 Å². The summed E-state index contributed by atoms with van der Waals surface area (Å²) < 4.78 is 3.73. The number of pyridine rings is 1. The summed E-state index contributed by atoms with van der Waals surface area (Å²) >= 11 is 0. The number of anilines is 2. The van der Waals surface area contributed by atoms with Crippen molar-refractivity contribution in [3.8, 4) is 0 Å². The number of nitrogen functional groups attached to an aromatic ring is 2. The minimum atomic E-state index is 0.541. The highest BCUT2D eigenvalue weighted by Crippen LogP contribution is 2.12. The molecule has 2 aromatic rings. The molecule has 0 bridgehead atoms. The Balaban J connectivity index is 2.02. The van der Waals surface area contributed by atoms with Crippen molar-refractivity contribution in [2.45, 2.75) is 13.0 Å². The van der Waals surface area contributed by atoms with E-state index in [2.05, 4.69) is 17.2 Å². The average Bonchev–Trinajstić information content (AvgIpc) is 2.60. The van der Waals surface area contributed by atoms with Gasteiger partial charge in [0.25, 0.3) is 0 Å². The molecule has 2 rings (SSSR count). The van der Waals surface area contributed by atoms with E-state index in [0.29, 0.717) is 11.5 Å². The van der Waals surface area contributed by atoms with Gasteiger partial charge in [-0.15, -0.1) is 0 Å². The van der Waals surface area contributed by atoms with Crippen LogP contribution in [0.1, 0.15) is 5.56 Å². The van der Waals surface area contributed by atoms with E-state index in [9.17, 15) is 0 Å². The Morgan fingerprint density at radius 1 is 1.31 bits per heavy atom. The molecule has 2 aromatic heterocycles. The molecule has 0 saturated heterocycles. The van der Waals surface area contributed by atoms with Gasteiger partial charge in [-0.3, -0.25) is 0 Å². The Labute approximate surface area is 94.3 Å². The van der Waals surface area contributed by atoms with Gasteiger partial charge in [0.15, 0.2) is 12.4 Å². The number of hydrogen-bond acceptors (Lipinski definition) is 3. The summed E-state index contributed by atoms with van der Waals surface area (Å²) in [5, 5.41) is 4.11. The third-order valence-electron chi connectivity index (χ3n) is 2.57. The molecule has 4 N–H and O–H groups in total. The maximum atomic E-state index is 5.76. The molecule has 0 radical (unpaired) electrons. The molecule has 0 amide bonds. The number of aromatic nitrogens is 3. The zero-order valence-corrected chi connectivity index (χ0v) is 9.30. The molecule has 0 spiro atoms. The molecule has 0 aliphatic rings. The van der Waals surface area contributed by atoms with Crippen LogP contribution < -0.4 is 16.0 Å². The van der Waals surface area contributed by atoms with Gasteiger partial charge in [-0.05, 0) is 12.0 Å². The van der Waals surface area contributed by atoms with Gasteiger partial charge in [0.2, 0.25) is 0 Å². The lowest BCUT2D eigenvalue weighted by atomic mass is 10.2. The van der Waals surface area contributed by atoms with Crippen molar-refractivity contribution in [2.24, 2.45) is 7.05 Å². The molecule has 0 aromatic carbocycles. The van der Waals surface area contributed by atoms with Crippen LogP contribution in [0.25, 0.3) is 0 Å². The first-order chi connectivity index (χ1) is 7.66. The highest BCUT2D eigenvalue weighted by Gasteiger charge is 2.04. The van der Waals surface area contributed by atoms with Crippen molar-refractivity contribution in [2.75, 3.05) is 11.5 Å². The van der Waals surface area contributed by atoms with Crippen molar-refractivity contribution < 1.29 is 4.57 Å². The molecule has 0 unspecified atom stereocenters. The minimum Gasteiger partial charge on any atom is -0.394 e. The van der Waals surface area contributed by atoms with Crippen molar-refractivity contribution in [1.82, 2.24) is 9.78 Å². The highest BCUT2D eigenvalue weighted by atomic mass is 15.3. The quantitative estimate of drug-likeness (QED) is 0.718. The SMILES string of the molecule is C[n+]1ccc(CCn2ncc(N)c2N)cc1. The van der Waals surface area contributed by atoms with E-state index in [1.165, 1.54) is 5.56 Å². The van der Waals surface area contributed by atoms with Crippen LogP contribution in [0.3, 0.4) is 0 Å². The molecular weight excluding hydrogens is 202 g/mol. The van der Waals surface area contributed by atoms with Crippen LogP contribution in [0.5, 0.6) is 0 Å². The molecule has 0 aliphatic carbocycles. The smallest absolute Gasteiger partial charge is 0.168 e. The number of hydrogen-bond donors (Lipinski definition) is 2. The van der Waals surface area contributed by atoms with Crippen molar-refractivity contribution >= 4 is 11.5 Å². The maximum absolute atomic E-state index is 5.76. The average molecular weight is 218 g/mol. The van der Waals surface area contributed by atoms with Crippen LogP contribution in [-0.4, -0.2) is 9.78 Å². The molecule has 16 heavy (non-hydrogen) atoms. The van der Waals surface area contributed by atoms with Crippen LogP contribution >= 0.6 is 0 Å². The van der Waals surface area contributed by atoms with E-state index in [4.69, 9.17) is 11.5 Å². The summed E-state index contributed by atoms with van der Waals surface area (Å²) in [5.74, 6) is 0.543. The summed E-state index contributed by atoms with van der Waals surface area (Å²) in [6.45, 7) is 0.747. The predicted octanol–water partition coefficient (Wildman–Crippen LogP) is 0.115. The fourth-order valence-electron chi connectivity index (χ4n) is 1.52. The summed E-state index contributed by atoms with van der Waals surface area (Å²) in [6, 6.07) is 4.17. The van der Waals surface area contributed by atoms with E-state index in [1.54, 1.807) is 10.9 Å². The van der Waals surface area contributed by atoms with Crippen LogP contribution in [0.2, 0.25) is 0 Å². The molecule has 0 fully saturated rings. The molecule has 5 heteroatoms. The van der Waals surface area contributed by atoms with Gasteiger partial charge < -0.3 is 11.5 Å². The monoisotopic (exact) mass is 218 g/mol. The zero-order valence-electron chi connectivity index (χ0n) is 9.30.